The van der Waals surface area contributed by atoms with Gasteiger partial charge in [-0.15, -0.1) is 5.48 Å². The van der Waals surface area contributed by atoms with Crippen molar-refractivity contribution in [2.45, 2.75) is 6.04 Å². The van der Waals surface area contributed by atoms with Crippen molar-refractivity contribution in [3.05, 3.63) is 102 Å². The molecule has 1 heterocycles. The SMILES string of the molecule is O=C(ONC(C(=O)c1ccc(N2CCOCC2)cc1)c1ccccc1)c1ccccc1. The monoisotopic (exact) mass is 416 g/mol. The number of ketones is 1. The van der Waals surface area contributed by atoms with E-state index in [1.54, 1.807) is 24.3 Å². The Morgan fingerprint density at radius 3 is 2.06 bits per heavy atom. The number of hydrogen-bond acceptors (Lipinski definition) is 6. The topological polar surface area (TPSA) is 67.9 Å². The number of carbonyl (C=O) groups is 2. The van der Waals surface area contributed by atoms with Gasteiger partial charge in [-0.1, -0.05) is 48.5 Å². The summed E-state index contributed by atoms with van der Waals surface area (Å²) in [6, 6.07) is 24.6. The Hall–Kier alpha value is -3.48. The molecule has 1 saturated heterocycles. The maximum atomic E-state index is 13.3. The zero-order valence-corrected chi connectivity index (χ0v) is 17.1. The third-order valence-corrected chi connectivity index (χ3v) is 5.20. The van der Waals surface area contributed by atoms with Crippen molar-refractivity contribution < 1.29 is 19.2 Å². The largest absolute Gasteiger partial charge is 0.378 e. The van der Waals surface area contributed by atoms with E-state index in [4.69, 9.17) is 9.57 Å². The highest BCUT2D eigenvalue weighted by atomic mass is 16.7. The number of ether oxygens (including phenoxy) is 1. The first-order chi connectivity index (χ1) is 15.2. The van der Waals surface area contributed by atoms with Crippen LogP contribution in [0.4, 0.5) is 5.69 Å². The van der Waals surface area contributed by atoms with Crippen LogP contribution >= 0.6 is 0 Å². The maximum Gasteiger partial charge on any atom is 0.356 e. The van der Waals surface area contributed by atoms with Gasteiger partial charge in [0.1, 0.15) is 6.04 Å². The molecule has 31 heavy (non-hydrogen) atoms. The first-order valence-electron chi connectivity index (χ1n) is 10.3. The average molecular weight is 416 g/mol. The van der Waals surface area contributed by atoms with Gasteiger partial charge in [0.25, 0.3) is 0 Å². The Morgan fingerprint density at radius 2 is 1.42 bits per heavy atom. The Bertz CT molecular complexity index is 1000. The number of carbonyl (C=O) groups excluding carboxylic acids is 2. The lowest BCUT2D eigenvalue weighted by Crippen LogP contribution is -2.36. The van der Waals surface area contributed by atoms with E-state index in [0.717, 1.165) is 18.8 Å². The van der Waals surface area contributed by atoms with E-state index in [9.17, 15) is 9.59 Å². The number of anilines is 1. The minimum absolute atomic E-state index is 0.180. The Morgan fingerprint density at radius 1 is 0.806 bits per heavy atom. The van der Waals surface area contributed by atoms with Gasteiger partial charge in [-0.05, 0) is 42.0 Å². The zero-order valence-electron chi connectivity index (χ0n) is 17.1. The van der Waals surface area contributed by atoms with Gasteiger partial charge in [0.15, 0.2) is 5.78 Å². The van der Waals surface area contributed by atoms with E-state index >= 15 is 0 Å². The van der Waals surface area contributed by atoms with E-state index in [2.05, 4.69) is 10.4 Å². The van der Waals surface area contributed by atoms with Crippen LogP contribution in [-0.4, -0.2) is 38.1 Å². The smallest absolute Gasteiger partial charge is 0.356 e. The highest BCUT2D eigenvalue weighted by Crippen LogP contribution is 2.22. The van der Waals surface area contributed by atoms with Crippen LogP contribution in [0.3, 0.4) is 0 Å². The predicted molar refractivity (Wildman–Crippen MR) is 118 cm³/mol. The zero-order chi connectivity index (χ0) is 21.5. The van der Waals surface area contributed by atoms with Crippen molar-refractivity contribution in [1.82, 2.24) is 5.48 Å². The second-order valence-corrected chi connectivity index (χ2v) is 7.23. The summed E-state index contributed by atoms with van der Waals surface area (Å²) in [6.07, 6.45) is 0. The van der Waals surface area contributed by atoms with Gasteiger partial charge in [-0.2, -0.15) is 0 Å². The van der Waals surface area contributed by atoms with Crippen LogP contribution in [0.1, 0.15) is 32.3 Å². The molecule has 0 amide bonds. The van der Waals surface area contributed by atoms with Gasteiger partial charge in [-0.3, -0.25) is 4.79 Å². The second kappa shape index (κ2) is 10.0. The number of nitrogens with one attached hydrogen (secondary N) is 1. The summed E-state index contributed by atoms with van der Waals surface area (Å²) in [6.45, 7) is 3.06. The molecule has 6 nitrogen and oxygen atoms in total. The summed E-state index contributed by atoms with van der Waals surface area (Å²) >= 11 is 0. The van der Waals surface area contributed by atoms with Crippen LogP contribution in [-0.2, 0) is 9.57 Å². The van der Waals surface area contributed by atoms with E-state index < -0.39 is 12.0 Å². The lowest BCUT2D eigenvalue weighted by Gasteiger charge is -2.29. The number of nitrogens with zero attached hydrogens (tertiary/aromatic N) is 1. The summed E-state index contributed by atoms with van der Waals surface area (Å²) in [7, 11) is 0. The van der Waals surface area contributed by atoms with Crippen LogP contribution < -0.4 is 10.4 Å². The van der Waals surface area contributed by atoms with Crippen molar-refractivity contribution in [3.63, 3.8) is 0 Å². The number of morpholine rings is 1. The molecule has 0 aliphatic carbocycles. The molecule has 3 aromatic carbocycles. The summed E-state index contributed by atoms with van der Waals surface area (Å²) in [5, 5.41) is 0. The molecular weight excluding hydrogens is 392 g/mol. The lowest BCUT2D eigenvalue weighted by molar-refractivity contribution is 0.0161. The van der Waals surface area contributed by atoms with E-state index in [-0.39, 0.29) is 5.78 Å². The minimum Gasteiger partial charge on any atom is -0.378 e. The number of hydrogen-bond donors (Lipinski definition) is 1. The molecule has 158 valence electrons. The molecule has 1 aliphatic heterocycles. The highest BCUT2D eigenvalue weighted by molar-refractivity contribution is 6.01. The van der Waals surface area contributed by atoms with E-state index in [1.807, 2.05) is 60.7 Å². The van der Waals surface area contributed by atoms with Crippen molar-refractivity contribution in [2.75, 3.05) is 31.2 Å². The number of hydroxylamine groups is 1. The fourth-order valence-corrected chi connectivity index (χ4v) is 3.49. The van der Waals surface area contributed by atoms with Crippen LogP contribution in [0.2, 0.25) is 0 Å². The van der Waals surface area contributed by atoms with Crippen molar-refractivity contribution in [2.24, 2.45) is 0 Å². The minimum atomic E-state index is -0.817. The van der Waals surface area contributed by atoms with Crippen LogP contribution in [0.15, 0.2) is 84.9 Å². The van der Waals surface area contributed by atoms with Gasteiger partial charge in [0.2, 0.25) is 0 Å². The summed E-state index contributed by atoms with van der Waals surface area (Å²) < 4.78 is 5.40. The van der Waals surface area contributed by atoms with Crippen LogP contribution in [0.5, 0.6) is 0 Å². The van der Waals surface area contributed by atoms with Crippen LogP contribution in [0.25, 0.3) is 0 Å². The predicted octanol–water partition coefficient (Wildman–Crippen LogP) is 3.81. The van der Waals surface area contributed by atoms with Crippen molar-refractivity contribution >= 4 is 17.4 Å². The molecule has 1 fully saturated rings. The number of Topliss-reactive ketones (excluding diaryl/α,β-unsaturated/α-hetero) is 1. The molecule has 0 spiro atoms. The Kier molecular flexibility index (Phi) is 6.72. The quantitative estimate of drug-likeness (QED) is 0.467. The third kappa shape index (κ3) is 5.17. The van der Waals surface area contributed by atoms with Gasteiger partial charge >= 0.3 is 5.97 Å². The third-order valence-electron chi connectivity index (χ3n) is 5.20. The van der Waals surface area contributed by atoms with E-state index in [0.29, 0.717) is 29.9 Å². The molecular formula is C25H24N2O4. The fraction of sp³-hybridized carbons (Fsp3) is 0.200. The Labute approximate surface area is 181 Å². The molecule has 6 heteroatoms. The molecule has 0 radical (unpaired) electrons. The number of benzene rings is 3. The van der Waals surface area contributed by atoms with Gasteiger partial charge in [0, 0.05) is 24.3 Å². The first-order valence-corrected chi connectivity index (χ1v) is 10.3. The summed E-state index contributed by atoms with van der Waals surface area (Å²) in [5.74, 6) is -0.724. The summed E-state index contributed by atoms with van der Waals surface area (Å²) in [5.41, 5.74) is 5.40. The molecule has 4 rings (SSSR count). The molecule has 1 unspecified atom stereocenters. The highest BCUT2D eigenvalue weighted by Gasteiger charge is 2.24. The molecule has 1 aliphatic rings. The first kappa shape index (κ1) is 20.8. The molecule has 0 aromatic heterocycles. The lowest BCUT2D eigenvalue weighted by atomic mass is 9.98. The van der Waals surface area contributed by atoms with Gasteiger partial charge < -0.3 is 14.5 Å². The molecule has 0 saturated carbocycles. The average Bonchev–Trinajstić information content (AvgIpc) is 2.86. The molecule has 0 bridgehead atoms. The maximum absolute atomic E-state index is 13.3. The standard InChI is InChI=1S/C25H24N2O4/c28-24(20-11-13-22(14-12-20)27-15-17-30-18-16-27)23(19-7-3-1-4-8-19)26-31-25(29)21-9-5-2-6-10-21/h1-14,23,26H,15-18H2. The molecule has 1 atom stereocenters. The van der Waals surface area contributed by atoms with Crippen molar-refractivity contribution in [3.8, 4) is 0 Å². The van der Waals surface area contributed by atoms with Crippen LogP contribution in [0, 0.1) is 0 Å². The Balaban J connectivity index is 1.51. The molecule has 3 aromatic rings. The normalized spacial score (nSPS) is 14.6. The molecule has 1 N–H and O–H groups in total. The summed E-state index contributed by atoms with van der Waals surface area (Å²) in [4.78, 5) is 33.1. The van der Waals surface area contributed by atoms with E-state index in [1.165, 1.54) is 0 Å². The number of rotatable bonds is 7. The fourth-order valence-electron chi connectivity index (χ4n) is 3.49. The second-order valence-electron chi connectivity index (χ2n) is 7.23. The van der Waals surface area contributed by atoms with Gasteiger partial charge in [0.05, 0.1) is 18.8 Å². The van der Waals surface area contributed by atoms with Crippen molar-refractivity contribution in [1.29, 1.82) is 0 Å². The van der Waals surface area contributed by atoms with Gasteiger partial charge in [-0.25, -0.2) is 4.79 Å².